The molecule has 0 aromatic heterocycles. The number of carbonyl (C=O) groups is 2. The Balaban J connectivity index is 2.39. The fourth-order valence-electron chi connectivity index (χ4n) is 1.86. The van der Waals surface area contributed by atoms with Gasteiger partial charge in [-0.3, -0.25) is 9.59 Å². The Morgan fingerprint density at radius 3 is 2.48 bits per heavy atom. The van der Waals surface area contributed by atoms with E-state index in [1.165, 1.54) is 4.90 Å². The van der Waals surface area contributed by atoms with E-state index in [9.17, 15) is 9.59 Å². The Kier molecular flexibility index (Phi) is 7.94. The first kappa shape index (κ1) is 17.0. The molecule has 21 heavy (non-hydrogen) atoms. The van der Waals surface area contributed by atoms with E-state index in [-0.39, 0.29) is 24.8 Å². The summed E-state index contributed by atoms with van der Waals surface area (Å²) in [6.45, 7) is 4.88. The molecule has 0 atom stereocenters. The zero-order chi connectivity index (χ0) is 15.5. The monoisotopic (exact) mass is 293 g/mol. The molecule has 0 bridgehead atoms. The number of carbonyl (C=O) groups excluding carboxylic acids is 2. The normalized spacial score (nSPS) is 10.0. The van der Waals surface area contributed by atoms with Crippen LogP contribution < -0.4 is 4.74 Å². The molecule has 0 saturated carbocycles. The van der Waals surface area contributed by atoms with Gasteiger partial charge in [-0.1, -0.05) is 25.1 Å². The van der Waals surface area contributed by atoms with E-state index in [0.717, 1.165) is 12.2 Å². The van der Waals surface area contributed by atoms with Gasteiger partial charge in [0.2, 0.25) is 5.91 Å². The smallest absolute Gasteiger partial charge is 0.325 e. The zero-order valence-corrected chi connectivity index (χ0v) is 12.7. The van der Waals surface area contributed by atoms with E-state index in [1.807, 2.05) is 37.3 Å². The van der Waals surface area contributed by atoms with Gasteiger partial charge in [-0.15, -0.1) is 0 Å². The summed E-state index contributed by atoms with van der Waals surface area (Å²) in [5, 5.41) is 0. The van der Waals surface area contributed by atoms with E-state index < -0.39 is 0 Å². The fourth-order valence-corrected chi connectivity index (χ4v) is 1.86. The highest BCUT2D eigenvalue weighted by molar-refractivity contribution is 5.82. The number of nitrogens with zero attached hydrogens (tertiary/aromatic N) is 1. The van der Waals surface area contributed by atoms with Gasteiger partial charge in [0.25, 0.3) is 0 Å². The van der Waals surface area contributed by atoms with Gasteiger partial charge in [-0.2, -0.15) is 0 Å². The molecule has 0 unspecified atom stereocenters. The zero-order valence-electron chi connectivity index (χ0n) is 12.7. The number of hydrogen-bond donors (Lipinski definition) is 0. The molecule has 0 radical (unpaired) electrons. The highest BCUT2D eigenvalue weighted by Crippen LogP contribution is 2.09. The molecule has 0 N–H and O–H groups in total. The van der Waals surface area contributed by atoms with Crippen LogP contribution in [0.3, 0.4) is 0 Å². The molecule has 116 valence electrons. The number of rotatable bonds is 9. The van der Waals surface area contributed by atoms with Crippen molar-refractivity contribution in [2.45, 2.75) is 26.7 Å². The van der Waals surface area contributed by atoms with Crippen molar-refractivity contribution in [2.24, 2.45) is 0 Å². The van der Waals surface area contributed by atoms with Gasteiger partial charge < -0.3 is 14.4 Å². The Bertz CT molecular complexity index is 433. The number of ether oxygens (including phenoxy) is 2. The van der Waals surface area contributed by atoms with Crippen LogP contribution in [0.5, 0.6) is 5.75 Å². The summed E-state index contributed by atoms with van der Waals surface area (Å²) in [7, 11) is 0. The van der Waals surface area contributed by atoms with Crippen molar-refractivity contribution in [1.29, 1.82) is 0 Å². The summed E-state index contributed by atoms with van der Waals surface area (Å²) >= 11 is 0. The molecule has 1 rings (SSSR count). The van der Waals surface area contributed by atoms with Crippen molar-refractivity contribution in [3.63, 3.8) is 0 Å². The third-order valence-corrected chi connectivity index (χ3v) is 2.80. The first-order valence-corrected chi connectivity index (χ1v) is 7.28. The molecular formula is C16H23NO4. The van der Waals surface area contributed by atoms with Crippen LogP contribution in [0, 0.1) is 0 Å². The van der Waals surface area contributed by atoms with Crippen molar-refractivity contribution < 1.29 is 19.1 Å². The third kappa shape index (κ3) is 6.79. The molecular weight excluding hydrogens is 270 g/mol. The lowest BCUT2D eigenvalue weighted by Gasteiger charge is -2.21. The summed E-state index contributed by atoms with van der Waals surface area (Å²) < 4.78 is 10.4. The van der Waals surface area contributed by atoms with Crippen LogP contribution in [-0.4, -0.2) is 43.1 Å². The van der Waals surface area contributed by atoms with Gasteiger partial charge in [0.1, 0.15) is 12.3 Å². The molecule has 0 aliphatic carbocycles. The predicted molar refractivity (Wildman–Crippen MR) is 80.1 cm³/mol. The number of benzene rings is 1. The summed E-state index contributed by atoms with van der Waals surface area (Å²) in [6, 6.07) is 9.34. The average Bonchev–Trinajstić information content (AvgIpc) is 2.48. The Morgan fingerprint density at radius 1 is 1.14 bits per heavy atom. The van der Waals surface area contributed by atoms with Crippen LogP contribution in [-0.2, 0) is 14.3 Å². The van der Waals surface area contributed by atoms with Gasteiger partial charge in [0, 0.05) is 6.54 Å². The largest absolute Gasteiger partial charge is 0.493 e. The SMILES string of the molecule is CCCN(CC(=O)OCC)C(=O)CCOc1ccccc1. The molecule has 0 fully saturated rings. The van der Waals surface area contributed by atoms with Crippen molar-refractivity contribution in [1.82, 2.24) is 4.90 Å². The maximum atomic E-state index is 12.1. The van der Waals surface area contributed by atoms with Gasteiger partial charge in [-0.05, 0) is 25.5 Å². The van der Waals surface area contributed by atoms with Crippen LogP contribution in [0.1, 0.15) is 26.7 Å². The lowest BCUT2D eigenvalue weighted by Crippen LogP contribution is -2.37. The van der Waals surface area contributed by atoms with Crippen LogP contribution in [0.25, 0.3) is 0 Å². The van der Waals surface area contributed by atoms with E-state index in [2.05, 4.69) is 0 Å². The van der Waals surface area contributed by atoms with Gasteiger partial charge >= 0.3 is 5.97 Å². The van der Waals surface area contributed by atoms with Gasteiger partial charge in [0.05, 0.1) is 19.6 Å². The maximum Gasteiger partial charge on any atom is 0.325 e. The van der Waals surface area contributed by atoms with Gasteiger partial charge in [0.15, 0.2) is 0 Å². The second-order valence-electron chi connectivity index (χ2n) is 4.53. The Hall–Kier alpha value is -2.04. The first-order valence-electron chi connectivity index (χ1n) is 7.28. The first-order chi connectivity index (χ1) is 10.2. The molecule has 0 aliphatic heterocycles. The molecule has 1 aromatic carbocycles. The minimum atomic E-state index is -0.372. The highest BCUT2D eigenvalue weighted by Gasteiger charge is 2.16. The molecule has 1 aromatic rings. The Labute approximate surface area is 125 Å². The summed E-state index contributed by atoms with van der Waals surface area (Å²) in [5.41, 5.74) is 0. The van der Waals surface area contributed by atoms with E-state index in [4.69, 9.17) is 9.47 Å². The Morgan fingerprint density at radius 2 is 1.86 bits per heavy atom. The van der Waals surface area contributed by atoms with Crippen LogP contribution in [0.15, 0.2) is 30.3 Å². The van der Waals surface area contributed by atoms with E-state index >= 15 is 0 Å². The van der Waals surface area contributed by atoms with Crippen LogP contribution >= 0.6 is 0 Å². The number of hydrogen-bond acceptors (Lipinski definition) is 4. The van der Waals surface area contributed by atoms with Crippen LogP contribution in [0.4, 0.5) is 0 Å². The van der Waals surface area contributed by atoms with Gasteiger partial charge in [-0.25, -0.2) is 0 Å². The topological polar surface area (TPSA) is 55.8 Å². The van der Waals surface area contributed by atoms with E-state index in [1.54, 1.807) is 6.92 Å². The van der Waals surface area contributed by atoms with Crippen molar-refractivity contribution in [2.75, 3.05) is 26.3 Å². The molecule has 5 heteroatoms. The summed E-state index contributed by atoms with van der Waals surface area (Å²) in [6.07, 6.45) is 1.04. The summed E-state index contributed by atoms with van der Waals surface area (Å²) in [4.78, 5) is 25.1. The van der Waals surface area contributed by atoms with Crippen molar-refractivity contribution in [3.8, 4) is 5.75 Å². The average molecular weight is 293 g/mol. The lowest BCUT2D eigenvalue weighted by atomic mass is 10.3. The second-order valence-corrected chi connectivity index (χ2v) is 4.53. The number of para-hydroxylation sites is 1. The number of esters is 1. The number of amides is 1. The quantitative estimate of drug-likeness (QED) is 0.655. The minimum Gasteiger partial charge on any atom is -0.493 e. The molecule has 0 saturated heterocycles. The minimum absolute atomic E-state index is 0.00580. The van der Waals surface area contributed by atoms with Crippen molar-refractivity contribution in [3.05, 3.63) is 30.3 Å². The molecule has 0 spiro atoms. The highest BCUT2D eigenvalue weighted by atomic mass is 16.5. The molecule has 0 heterocycles. The predicted octanol–water partition coefficient (Wildman–Crippen LogP) is 2.26. The molecule has 5 nitrogen and oxygen atoms in total. The standard InChI is InChI=1S/C16H23NO4/c1-3-11-17(13-16(19)20-4-2)15(18)10-12-21-14-8-6-5-7-9-14/h5-9H,3-4,10-13H2,1-2H3. The molecule has 1 amide bonds. The lowest BCUT2D eigenvalue weighted by molar-refractivity contribution is -0.149. The molecule has 0 aliphatic rings. The maximum absolute atomic E-state index is 12.1. The fraction of sp³-hybridized carbons (Fsp3) is 0.500. The van der Waals surface area contributed by atoms with E-state index in [0.29, 0.717) is 19.8 Å². The van der Waals surface area contributed by atoms with Crippen LogP contribution in [0.2, 0.25) is 0 Å². The summed E-state index contributed by atoms with van der Waals surface area (Å²) in [5.74, 6) is 0.266. The van der Waals surface area contributed by atoms with Crippen molar-refractivity contribution >= 4 is 11.9 Å². The second kappa shape index (κ2) is 9.80. The third-order valence-electron chi connectivity index (χ3n) is 2.80.